The molecule has 0 amide bonds. The maximum atomic E-state index is 14.3. The van der Waals surface area contributed by atoms with Gasteiger partial charge in [0.25, 0.3) is 0 Å². The molecule has 4 aromatic rings. The second kappa shape index (κ2) is 13.9. The number of benzene rings is 3. The molecule has 15 heteroatoms. The number of methoxy groups -OCH3 is 3. The molecule has 3 aromatic carbocycles. The first kappa shape index (κ1) is 35.0. The second-order valence-electron chi connectivity index (χ2n) is 12.2. The number of imidazole rings is 1. The number of hydrogen-bond acceptors (Lipinski definition) is 10. The van der Waals surface area contributed by atoms with Gasteiger partial charge in [-0.25, -0.2) is 8.96 Å². The highest BCUT2D eigenvalue weighted by Gasteiger charge is 2.49. The van der Waals surface area contributed by atoms with E-state index >= 15 is 0 Å². The number of nitrogens with zero attached hydrogens (tertiary/aromatic N) is 3. The van der Waals surface area contributed by atoms with E-state index in [4.69, 9.17) is 14.2 Å². The first-order valence-electron chi connectivity index (χ1n) is 16.2. The van der Waals surface area contributed by atoms with Crippen molar-refractivity contribution >= 4 is 38.4 Å². The zero-order valence-corrected chi connectivity index (χ0v) is 29.7. The van der Waals surface area contributed by atoms with Crippen LogP contribution in [0.15, 0.2) is 83.6 Å². The summed E-state index contributed by atoms with van der Waals surface area (Å²) < 4.78 is 86.3. The van der Waals surface area contributed by atoms with Crippen molar-refractivity contribution in [3.05, 3.63) is 112 Å². The Bertz CT molecular complexity index is 2180. The monoisotopic (exact) mass is 739 g/mol. The van der Waals surface area contributed by atoms with Crippen LogP contribution < -0.4 is 24.8 Å². The molecule has 0 saturated heterocycles. The van der Waals surface area contributed by atoms with E-state index in [9.17, 15) is 21.6 Å². The van der Waals surface area contributed by atoms with Crippen LogP contribution in [0.5, 0.6) is 17.2 Å². The van der Waals surface area contributed by atoms with Crippen LogP contribution in [-0.4, -0.2) is 67.6 Å². The highest BCUT2D eigenvalue weighted by atomic mass is 32.2. The van der Waals surface area contributed by atoms with Gasteiger partial charge < -0.3 is 24.4 Å². The molecule has 1 unspecified atom stereocenters. The van der Waals surface area contributed by atoms with E-state index < -0.39 is 15.5 Å². The molecule has 0 fully saturated rings. The number of ether oxygens (including phenoxy) is 3. The van der Waals surface area contributed by atoms with E-state index in [1.807, 2.05) is 53.4 Å². The fourth-order valence-electron chi connectivity index (χ4n) is 6.46. The predicted octanol–water partition coefficient (Wildman–Crippen LogP) is 5.94. The molecule has 0 aliphatic carbocycles. The first-order chi connectivity index (χ1) is 24.5. The molecular formula is C36H36F3N5O5S2. The third-order valence-electron chi connectivity index (χ3n) is 9.07. The van der Waals surface area contributed by atoms with Crippen LogP contribution in [0.3, 0.4) is 0 Å². The molecule has 10 nitrogen and oxygen atoms in total. The minimum atomic E-state index is -5.86. The maximum absolute atomic E-state index is 14.3. The summed E-state index contributed by atoms with van der Waals surface area (Å²) in [6, 6.07) is 16.3. The molecular weight excluding hydrogens is 704 g/mol. The summed E-state index contributed by atoms with van der Waals surface area (Å²) in [5, 5.41) is 6.58. The van der Waals surface area contributed by atoms with Gasteiger partial charge in [-0.15, -0.1) is 11.8 Å². The smallest absolute Gasteiger partial charge is 0.497 e. The number of allylic oxidation sites excluding steroid dienone is 2. The van der Waals surface area contributed by atoms with Gasteiger partial charge in [-0.05, 0) is 85.1 Å². The average molecular weight is 740 g/mol. The molecule has 3 aliphatic rings. The molecule has 51 heavy (non-hydrogen) atoms. The zero-order chi connectivity index (χ0) is 35.9. The summed E-state index contributed by atoms with van der Waals surface area (Å²) in [5.41, 5.74) is -0.842. The Morgan fingerprint density at radius 3 is 2.35 bits per heavy atom. The number of thioether (sulfide) groups is 1. The van der Waals surface area contributed by atoms with Crippen LogP contribution in [0.2, 0.25) is 0 Å². The van der Waals surface area contributed by atoms with Crippen LogP contribution in [0, 0.1) is 0 Å². The van der Waals surface area contributed by atoms with Gasteiger partial charge in [0, 0.05) is 41.4 Å². The van der Waals surface area contributed by atoms with Crippen molar-refractivity contribution in [3.63, 3.8) is 0 Å². The fraction of sp³-hybridized carbons (Fsp3) is 0.306. The highest BCUT2D eigenvalue weighted by Crippen LogP contribution is 2.45. The minimum Gasteiger partial charge on any atom is -0.497 e. The van der Waals surface area contributed by atoms with E-state index in [2.05, 4.69) is 15.6 Å². The Labute approximate surface area is 298 Å². The van der Waals surface area contributed by atoms with Gasteiger partial charge in [-0.2, -0.15) is 21.6 Å². The Morgan fingerprint density at radius 2 is 1.67 bits per heavy atom. The maximum Gasteiger partial charge on any atom is 0.517 e. The van der Waals surface area contributed by atoms with Gasteiger partial charge in [0.2, 0.25) is 0 Å². The topological polar surface area (TPSA) is 107 Å². The normalized spacial score (nSPS) is 17.6. The van der Waals surface area contributed by atoms with Gasteiger partial charge >= 0.3 is 15.5 Å². The van der Waals surface area contributed by atoms with Gasteiger partial charge in [-0.1, -0.05) is 18.2 Å². The third kappa shape index (κ3) is 6.82. The lowest BCUT2D eigenvalue weighted by Crippen LogP contribution is -2.31. The number of halogens is 3. The van der Waals surface area contributed by atoms with E-state index in [0.717, 1.165) is 32.9 Å². The lowest BCUT2D eigenvalue weighted by atomic mass is 10.0. The van der Waals surface area contributed by atoms with Crippen LogP contribution >= 0.6 is 11.8 Å². The molecule has 2 N–H and O–H groups in total. The first-order valence-corrected chi connectivity index (χ1v) is 18.5. The Kier molecular flexibility index (Phi) is 9.56. The number of alkyl halides is 3. The molecule has 3 aliphatic heterocycles. The molecule has 0 spiro atoms. The van der Waals surface area contributed by atoms with Gasteiger partial charge in [-0.3, -0.25) is 5.32 Å². The standard InChI is InChI=1S/C36H36F3N5O5S2/c1-47-27-7-4-22(5-8-27)20-43-21-26(16-33-31(43)18-34(50-33)41-19-25-6-9-28(48-2)17-32(25)49-3)35-42-29-14-23-10-12-40-13-11-24(23)15-30(29)44(35)51(45,46)36(37,38)39/h4-9,14-18,21,34,40-41H,10-13,19-20H2,1-3H3. The zero-order valence-electron chi connectivity index (χ0n) is 28.1. The summed E-state index contributed by atoms with van der Waals surface area (Å²) in [7, 11) is -1.10. The Morgan fingerprint density at radius 1 is 0.961 bits per heavy atom. The Hall–Kier alpha value is -4.44. The summed E-state index contributed by atoms with van der Waals surface area (Å²) in [6.45, 7) is 2.15. The number of nitrogens with one attached hydrogen (secondary N) is 2. The van der Waals surface area contributed by atoms with Crippen molar-refractivity contribution in [2.75, 3.05) is 34.4 Å². The lowest BCUT2D eigenvalue weighted by molar-refractivity contribution is -0.0445. The highest BCUT2D eigenvalue weighted by molar-refractivity contribution is 8.04. The number of aromatic nitrogens is 2. The number of fused-ring (bicyclic) bond motifs is 3. The van der Waals surface area contributed by atoms with Crippen LogP contribution in [0.4, 0.5) is 13.2 Å². The summed E-state index contributed by atoms with van der Waals surface area (Å²) in [4.78, 5) is 7.27. The van der Waals surface area contributed by atoms with Gasteiger partial charge in [0.1, 0.15) is 17.2 Å². The SMILES string of the molecule is COc1ccc(CN2C=C(c3nc4cc5c(cc4n3S(=O)(=O)C(F)(F)F)CCNCC5)C=C3SC(NCc4ccc(OC)cc4OC)C=C32)cc1. The molecule has 268 valence electrons. The number of hydrogen-bond donors (Lipinski definition) is 2. The van der Waals surface area contributed by atoms with Crippen LogP contribution in [0.25, 0.3) is 16.6 Å². The van der Waals surface area contributed by atoms with E-state index in [1.54, 1.807) is 45.7 Å². The van der Waals surface area contributed by atoms with Crippen LogP contribution in [0.1, 0.15) is 28.1 Å². The average Bonchev–Trinajstić information content (AvgIpc) is 3.63. The van der Waals surface area contributed by atoms with E-state index in [0.29, 0.717) is 60.2 Å². The molecule has 0 saturated carbocycles. The van der Waals surface area contributed by atoms with Crippen molar-refractivity contribution in [1.82, 2.24) is 24.5 Å². The van der Waals surface area contributed by atoms with E-state index in [-0.39, 0.29) is 27.8 Å². The second-order valence-corrected chi connectivity index (χ2v) is 15.2. The lowest BCUT2D eigenvalue weighted by Gasteiger charge is -2.27. The molecule has 0 bridgehead atoms. The molecule has 4 heterocycles. The number of rotatable bonds is 10. The fourth-order valence-corrected chi connectivity index (χ4v) is 8.59. The third-order valence-corrected chi connectivity index (χ3v) is 11.6. The molecule has 7 rings (SSSR count). The van der Waals surface area contributed by atoms with Gasteiger partial charge in [0.05, 0.1) is 43.4 Å². The van der Waals surface area contributed by atoms with Crippen LogP contribution in [-0.2, 0) is 36.0 Å². The minimum absolute atomic E-state index is 0.0997. The summed E-state index contributed by atoms with van der Waals surface area (Å²) in [6.07, 6.45) is 6.65. The largest absolute Gasteiger partial charge is 0.517 e. The van der Waals surface area contributed by atoms with Crippen molar-refractivity contribution in [2.45, 2.75) is 36.8 Å². The van der Waals surface area contributed by atoms with Crippen molar-refractivity contribution in [3.8, 4) is 17.2 Å². The molecule has 0 radical (unpaired) electrons. The van der Waals surface area contributed by atoms with Gasteiger partial charge in [0.15, 0.2) is 5.82 Å². The quantitative estimate of drug-likeness (QED) is 0.203. The van der Waals surface area contributed by atoms with E-state index in [1.165, 1.54) is 11.8 Å². The predicted molar refractivity (Wildman–Crippen MR) is 191 cm³/mol. The van der Waals surface area contributed by atoms with Crippen molar-refractivity contribution in [1.29, 1.82) is 0 Å². The van der Waals surface area contributed by atoms with Crippen molar-refractivity contribution < 1.29 is 35.8 Å². The van der Waals surface area contributed by atoms with Crippen molar-refractivity contribution in [2.24, 2.45) is 0 Å². The summed E-state index contributed by atoms with van der Waals surface area (Å²) in [5.74, 6) is 1.72. The summed E-state index contributed by atoms with van der Waals surface area (Å²) >= 11 is 1.48. The molecule has 1 aromatic heterocycles. The molecule has 1 atom stereocenters. The Balaban J connectivity index is 1.30.